The first-order valence-corrected chi connectivity index (χ1v) is 3.69. The van der Waals surface area contributed by atoms with Crippen molar-refractivity contribution >= 4 is 0 Å². The molecule has 72 valence electrons. The molecule has 0 heterocycles. The second-order valence-electron chi connectivity index (χ2n) is 2.68. The van der Waals surface area contributed by atoms with E-state index < -0.39 is 4.65 Å². The zero-order valence-corrected chi connectivity index (χ0v) is 6.94. The molecular formula is C7H15NO4. The maximum atomic E-state index is 11.5. The van der Waals surface area contributed by atoms with Gasteiger partial charge in [-0.2, -0.15) is 0 Å². The number of hydrogen-bond acceptors (Lipinski definition) is 4. The fraction of sp³-hybridized carbons (Fsp3) is 0.714. The van der Waals surface area contributed by atoms with Crippen LogP contribution in [0.4, 0.5) is 0 Å². The Morgan fingerprint density at radius 1 is 1.25 bits per heavy atom. The number of hydrogen-bond donors (Lipinski definition) is 3. The molecule has 0 bridgehead atoms. The molecular weight excluding hydrogens is 162 g/mol. The number of hydroxylamine groups is 3. The molecule has 5 heteroatoms. The van der Waals surface area contributed by atoms with Crippen LogP contribution in [0.5, 0.6) is 0 Å². The van der Waals surface area contributed by atoms with Gasteiger partial charge in [-0.1, -0.05) is 6.58 Å². The molecule has 5 nitrogen and oxygen atoms in total. The lowest BCUT2D eigenvalue weighted by Crippen LogP contribution is -2.47. The third kappa shape index (κ3) is 4.30. The predicted octanol–water partition coefficient (Wildman–Crippen LogP) is -0.643. The van der Waals surface area contributed by atoms with Crippen LogP contribution < -0.4 is 0 Å². The normalized spacial score (nSPS) is 11.6. The van der Waals surface area contributed by atoms with E-state index in [1.807, 2.05) is 0 Å². The fourth-order valence-corrected chi connectivity index (χ4v) is 0.967. The van der Waals surface area contributed by atoms with Crippen LogP contribution in [0.3, 0.4) is 0 Å². The van der Waals surface area contributed by atoms with E-state index in [4.69, 9.17) is 15.3 Å². The van der Waals surface area contributed by atoms with Gasteiger partial charge in [0.15, 0.2) is 0 Å². The maximum Gasteiger partial charge on any atom is 0.140 e. The molecule has 0 atom stereocenters. The van der Waals surface area contributed by atoms with E-state index in [1.54, 1.807) is 0 Å². The fourth-order valence-electron chi connectivity index (χ4n) is 0.967. The van der Waals surface area contributed by atoms with Gasteiger partial charge < -0.3 is 25.2 Å². The van der Waals surface area contributed by atoms with Gasteiger partial charge in [0.25, 0.3) is 0 Å². The number of quaternary nitrogens is 1. The highest BCUT2D eigenvalue weighted by molar-refractivity contribution is 4.78. The minimum Gasteiger partial charge on any atom is -0.632 e. The van der Waals surface area contributed by atoms with Crippen molar-refractivity contribution in [3.63, 3.8) is 0 Å². The quantitative estimate of drug-likeness (QED) is 0.286. The Hall–Kier alpha value is -0.620. The van der Waals surface area contributed by atoms with Gasteiger partial charge in [-0.25, -0.2) is 0 Å². The van der Waals surface area contributed by atoms with Crippen LogP contribution >= 0.6 is 0 Å². The van der Waals surface area contributed by atoms with Crippen molar-refractivity contribution in [2.75, 3.05) is 32.8 Å². The summed E-state index contributed by atoms with van der Waals surface area (Å²) in [5.41, 5.74) is 0. The zero-order chi connectivity index (χ0) is 9.61. The summed E-state index contributed by atoms with van der Waals surface area (Å²) in [6.45, 7) is 2.38. The van der Waals surface area contributed by atoms with Gasteiger partial charge in [0.2, 0.25) is 0 Å². The average Bonchev–Trinajstić information content (AvgIpc) is 1.85. The summed E-state index contributed by atoms with van der Waals surface area (Å²) in [6.07, 6.45) is 0. The van der Waals surface area contributed by atoms with Gasteiger partial charge in [0.1, 0.15) is 25.4 Å². The van der Waals surface area contributed by atoms with Crippen molar-refractivity contribution in [3.05, 3.63) is 17.5 Å². The van der Waals surface area contributed by atoms with Gasteiger partial charge in [-0.15, -0.1) is 0 Å². The lowest BCUT2D eigenvalue weighted by Gasteiger charge is -2.41. The summed E-state index contributed by atoms with van der Waals surface area (Å²) in [4.78, 5) is 0. The highest BCUT2D eigenvalue weighted by atomic mass is 16.6. The highest BCUT2D eigenvalue weighted by Gasteiger charge is 2.16. The van der Waals surface area contributed by atoms with E-state index >= 15 is 0 Å². The van der Waals surface area contributed by atoms with E-state index in [2.05, 4.69) is 6.58 Å². The maximum absolute atomic E-state index is 11.5. The van der Waals surface area contributed by atoms with Crippen LogP contribution in [0.1, 0.15) is 0 Å². The zero-order valence-electron chi connectivity index (χ0n) is 6.94. The van der Waals surface area contributed by atoms with Crippen molar-refractivity contribution in [2.45, 2.75) is 0 Å². The molecule has 0 aromatic carbocycles. The van der Waals surface area contributed by atoms with Crippen molar-refractivity contribution in [3.8, 4) is 0 Å². The van der Waals surface area contributed by atoms with Crippen LogP contribution in [0, 0.1) is 5.21 Å². The molecule has 0 spiro atoms. The van der Waals surface area contributed by atoms with Crippen molar-refractivity contribution in [2.24, 2.45) is 0 Å². The van der Waals surface area contributed by atoms with E-state index in [0.29, 0.717) is 0 Å². The Kier molecular flexibility index (Phi) is 4.84. The summed E-state index contributed by atoms with van der Waals surface area (Å²) in [5.74, 6) is -0.230. The van der Waals surface area contributed by atoms with Gasteiger partial charge in [0.05, 0.1) is 13.2 Å². The van der Waals surface area contributed by atoms with Gasteiger partial charge in [0, 0.05) is 0 Å². The highest BCUT2D eigenvalue weighted by Crippen LogP contribution is 2.05. The molecule has 0 rings (SSSR count). The third-order valence-electron chi connectivity index (χ3n) is 1.49. The smallest absolute Gasteiger partial charge is 0.140 e. The summed E-state index contributed by atoms with van der Waals surface area (Å²) in [5, 5.41) is 37.3. The molecule has 0 fully saturated rings. The Bertz CT molecular complexity index is 142. The average molecular weight is 177 g/mol. The summed E-state index contributed by atoms with van der Waals surface area (Å²) in [6, 6.07) is 0. The molecule has 0 saturated carbocycles. The van der Waals surface area contributed by atoms with Crippen LogP contribution in [0.2, 0.25) is 0 Å². The largest absolute Gasteiger partial charge is 0.632 e. The van der Waals surface area contributed by atoms with Gasteiger partial charge >= 0.3 is 0 Å². The number of aliphatic hydroxyl groups is 3. The molecule has 0 unspecified atom stereocenters. The molecule has 0 aromatic heterocycles. The summed E-state index contributed by atoms with van der Waals surface area (Å²) in [7, 11) is 0. The lowest BCUT2D eigenvalue weighted by molar-refractivity contribution is -0.877. The third-order valence-corrected chi connectivity index (χ3v) is 1.49. The molecule has 0 aliphatic carbocycles. The minimum absolute atomic E-state index is 0.0415. The Morgan fingerprint density at radius 2 is 1.67 bits per heavy atom. The van der Waals surface area contributed by atoms with Gasteiger partial charge in [-0.05, 0) is 0 Å². The summed E-state index contributed by atoms with van der Waals surface area (Å²) < 4.78 is -0.831. The molecule has 0 amide bonds. The molecule has 3 N–H and O–H groups in total. The first-order valence-electron chi connectivity index (χ1n) is 3.69. The second kappa shape index (κ2) is 5.10. The molecule has 0 radical (unpaired) electrons. The van der Waals surface area contributed by atoms with E-state index in [1.165, 1.54) is 0 Å². The second-order valence-corrected chi connectivity index (χ2v) is 2.68. The van der Waals surface area contributed by atoms with Gasteiger partial charge in [-0.3, -0.25) is 0 Å². The van der Waals surface area contributed by atoms with Crippen molar-refractivity contribution in [1.29, 1.82) is 0 Å². The number of aliphatic hydroxyl groups excluding tert-OH is 3. The lowest BCUT2D eigenvalue weighted by atomic mass is 10.4. The minimum atomic E-state index is -0.831. The molecule has 0 saturated heterocycles. The first kappa shape index (κ1) is 11.4. The van der Waals surface area contributed by atoms with Crippen molar-refractivity contribution in [1.82, 2.24) is 0 Å². The molecule has 0 aliphatic heterocycles. The van der Waals surface area contributed by atoms with Crippen molar-refractivity contribution < 1.29 is 20.0 Å². The van der Waals surface area contributed by atoms with Crippen LogP contribution in [-0.4, -0.2) is 52.8 Å². The molecule has 0 aromatic rings. The number of nitrogens with zero attached hydrogens (tertiary/aromatic N) is 1. The van der Waals surface area contributed by atoms with E-state index in [9.17, 15) is 5.21 Å². The molecule has 0 aliphatic rings. The SMILES string of the molecule is C=C(O)C[N+]([O-])(CCO)CCO. The summed E-state index contributed by atoms with van der Waals surface area (Å²) >= 11 is 0. The molecule has 12 heavy (non-hydrogen) atoms. The first-order chi connectivity index (χ1) is 5.54. The standard InChI is InChI=1S/C7H15NO4/c1-7(11)6-8(12,2-4-9)3-5-10/h9-11H,1-6H2. The van der Waals surface area contributed by atoms with E-state index in [-0.39, 0.29) is 38.6 Å². The topological polar surface area (TPSA) is 83.8 Å². The van der Waals surface area contributed by atoms with Crippen LogP contribution in [0.25, 0.3) is 0 Å². The number of rotatable bonds is 6. The van der Waals surface area contributed by atoms with Crippen LogP contribution in [-0.2, 0) is 0 Å². The Balaban J connectivity index is 4.07. The van der Waals surface area contributed by atoms with Crippen LogP contribution in [0.15, 0.2) is 12.3 Å². The predicted molar refractivity (Wildman–Crippen MR) is 44.2 cm³/mol. The Labute approximate surface area is 71.3 Å². The monoisotopic (exact) mass is 177 g/mol. The van der Waals surface area contributed by atoms with E-state index in [0.717, 1.165) is 0 Å². The Morgan fingerprint density at radius 3 is 1.92 bits per heavy atom.